The van der Waals surface area contributed by atoms with Gasteiger partial charge in [-0.2, -0.15) is 0 Å². The van der Waals surface area contributed by atoms with Crippen molar-refractivity contribution < 1.29 is 9.47 Å². The van der Waals surface area contributed by atoms with Crippen molar-refractivity contribution in [3.8, 4) is 11.5 Å². The van der Waals surface area contributed by atoms with Crippen molar-refractivity contribution >= 4 is 15.9 Å². The van der Waals surface area contributed by atoms with Crippen molar-refractivity contribution in [1.29, 1.82) is 0 Å². The average molecular weight is 314 g/mol. The molecule has 0 spiro atoms. The van der Waals surface area contributed by atoms with Gasteiger partial charge in [-0.25, -0.2) is 0 Å². The summed E-state index contributed by atoms with van der Waals surface area (Å²) in [5.74, 6) is 2.20. The van der Waals surface area contributed by atoms with Crippen LogP contribution in [0.5, 0.6) is 11.5 Å². The summed E-state index contributed by atoms with van der Waals surface area (Å²) in [4.78, 5) is 0. The molecule has 18 heavy (non-hydrogen) atoms. The van der Waals surface area contributed by atoms with Crippen molar-refractivity contribution in [2.45, 2.75) is 32.6 Å². The smallest absolute Gasteiger partial charge is 0.175 e. The van der Waals surface area contributed by atoms with E-state index in [1.807, 2.05) is 0 Å². The lowest BCUT2D eigenvalue weighted by Gasteiger charge is -2.26. The summed E-state index contributed by atoms with van der Waals surface area (Å²) in [5, 5.41) is 0. The predicted molar refractivity (Wildman–Crippen MR) is 76.6 cm³/mol. The molecule has 0 radical (unpaired) electrons. The number of benzene rings is 1. The fourth-order valence-electron chi connectivity index (χ4n) is 2.45. The van der Waals surface area contributed by atoms with E-state index in [4.69, 9.17) is 15.2 Å². The molecule has 1 aromatic rings. The van der Waals surface area contributed by atoms with Gasteiger partial charge in [0, 0.05) is 5.56 Å². The van der Waals surface area contributed by atoms with E-state index < -0.39 is 0 Å². The van der Waals surface area contributed by atoms with Crippen LogP contribution in [0.25, 0.3) is 0 Å². The minimum Gasteiger partial charge on any atom is -0.486 e. The molecule has 2 rings (SSSR count). The van der Waals surface area contributed by atoms with Crippen molar-refractivity contribution in [1.82, 2.24) is 0 Å². The number of halogens is 1. The first-order chi connectivity index (χ1) is 8.69. The number of rotatable bonds is 4. The van der Waals surface area contributed by atoms with Crippen molar-refractivity contribution in [3.63, 3.8) is 0 Å². The van der Waals surface area contributed by atoms with Gasteiger partial charge in [0.05, 0.1) is 4.47 Å². The van der Waals surface area contributed by atoms with Gasteiger partial charge in [0.15, 0.2) is 11.5 Å². The molecule has 100 valence electrons. The zero-order chi connectivity index (χ0) is 13.1. The second-order valence-electron chi connectivity index (χ2n) is 4.61. The molecule has 0 amide bonds. The van der Waals surface area contributed by atoms with Crippen LogP contribution in [-0.4, -0.2) is 19.8 Å². The van der Waals surface area contributed by atoms with Crippen LogP contribution >= 0.6 is 15.9 Å². The molecule has 2 N–H and O–H groups in total. The van der Waals surface area contributed by atoms with Gasteiger partial charge >= 0.3 is 0 Å². The van der Waals surface area contributed by atoms with Crippen LogP contribution in [0, 0.1) is 0 Å². The summed E-state index contributed by atoms with van der Waals surface area (Å²) in [6, 6.07) is 2.16. The maximum absolute atomic E-state index is 5.81. The average Bonchev–Trinajstić information content (AvgIpc) is 2.39. The molecule has 0 aromatic heterocycles. The third-order valence-electron chi connectivity index (χ3n) is 3.39. The minimum absolute atomic E-state index is 0.442. The Labute approximate surface area is 117 Å². The van der Waals surface area contributed by atoms with Gasteiger partial charge in [0.2, 0.25) is 0 Å². The quantitative estimate of drug-likeness (QED) is 0.928. The first-order valence-corrected chi connectivity index (χ1v) is 7.29. The molecule has 1 atom stereocenters. The Morgan fingerprint density at radius 1 is 1.33 bits per heavy atom. The molecule has 1 aliphatic heterocycles. The van der Waals surface area contributed by atoms with Gasteiger partial charge in [-0.1, -0.05) is 13.8 Å². The van der Waals surface area contributed by atoms with Crippen LogP contribution in [0.4, 0.5) is 0 Å². The lowest BCUT2D eigenvalue weighted by molar-refractivity contribution is 0.168. The number of nitrogens with two attached hydrogens (primary N) is 1. The Kier molecular flexibility index (Phi) is 4.51. The Morgan fingerprint density at radius 3 is 2.61 bits per heavy atom. The van der Waals surface area contributed by atoms with Gasteiger partial charge in [-0.05, 0) is 52.9 Å². The normalized spacial score (nSPS) is 15.6. The summed E-state index contributed by atoms with van der Waals surface area (Å²) in [7, 11) is 0. The molecule has 0 aliphatic carbocycles. The SMILES string of the molecule is CCc1c(C(C)CCN)cc(Br)c2c1OCCO2. The van der Waals surface area contributed by atoms with Gasteiger partial charge in [0.25, 0.3) is 0 Å². The Morgan fingerprint density at radius 2 is 2.00 bits per heavy atom. The molecule has 0 bridgehead atoms. The number of fused-ring (bicyclic) bond motifs is 1. The summed E-state index contributed by atoms with van der Waals surface area (Å²) in [6.07, 6.45) is 1.93. The van der Waals surface area contributed by atoms with Crippen LogP contribution < -0.4 is 15.2 Å². The monoisotopic (exact) mass is 313 g/mol. The molecule has 1 unspecified atom stereocenters. The highest BCUT2D eigenvalue weighted by Crippen LogP contribution is 2.44. The highest BCUT2D eigenvalue weighted by Gasteiger charge is 2.23. The molecule has 1 aromatic carbocycles. The van der Waals surface area contributed by atoms with E-state index in [-0.39, 0.29) is 0 Å². The number of hydrogen-bond donors (Lipinski definition) is 1. The van der Waals surface area contributed by atoms with Crippen LogP contribution in [0.2, 0.25) is 0 Å². The molecule has 0 fully saturated rings. The Hall–Kier alpha value is -0.740. The minimum atomic E-state index is 0.442. The summed E-state index contributed by atoms with van der Waals surface area (Å²) >= 11 is 3.58. The zero-order valence-corrected chi connectivity index (χ0v) is 12.5. The third-order valence-corrected chi connectivity index (χ3v) is 3.98. The Balaban J connectivity index is 2.50. The predicted octanol–water partition coefficient (Wildman–Crippen LogP) is 3.24. The lowest BCUT2D eigenvalue weighted by atomic mass is 9.91. The van der Waals surface area contributed by atoms with Crippen LogP contribution in [-0.2, 0) is 6.42 Å². The highest BCUT2D eigenvalue weighted by molar-refractivity contribution is 9.10. The van der Waals surface area contributed by atoms with Crippen LogP contribution in [0.15, 0.2) is 10.5 Å². The zero-order valence-electron chi connectivity index (χ0n) is 11.0. The summed E-state index contributed by atoms with van der Waals surface area (Å²) in [6.45, 7) is 6.31. The second kappa shape index (κ2) is 5.93. The van der Waals surface area contributed by atoms with E-state index in [0.717, 1.165) is 28.8 Å². The molecule has 4 heteroatoms. The van der Waals surface area contributed by atoms with Crippen molar-refractivity contribution in [2.24, 2.45) is 5.73 Å². The van der Waals surface area contributed by atoms with Crippen LogP contribution in [0.3, 0.4) is 0 Å². The molecule has 0 saturated heterocycles. The van der Waals surface area contributed by atoms with E-state index >= 15 is 0 Å². The lowest BCUT2D eigenvalue weighted by Crippen LogP contribution is -2.18. The molecule has 3 nitrogen and oxygen atoms in total. The van der Waals surface area contributed by atoms with E-state index in [2.05, 4.69) is 35.8 Å². The van der Waals surface area contributed by atoms with Gasteiger partial charge in [0.1, 0.15) is 13.2 Å². The van der Waals surface area contributed by atoms with Crippen molar-refractivity contribution in [3.05, 3.63) is 21.7 Å². The molecule has 1 heterocycles. The molecule has 0 saturated carbocycles. The fraction of sp³-hybridized carbons (Fsp3) is 0.571. The van der Waals surface area contributed by atoms with Crippen molar-refractivity contribution in [2.75, 3.05) is 19.8 Å². The van der Waals surface area contributed by atoms with Gasteiger partial charge in [-0.15, -0.1) is 0 Å². The van der Waals surface area contributed by atoms with E-state index in [0.29, 0.717) is 25.7 Å². The fourth-order valence-corrected chi connectivity index (χ4v) is 2.99. The van der Waals surface area contributed by atoms with E-state index in [1.165, 1.54) is 11.1 Å². The summed E-state index contributed by atoms with van der Waals surface area (Å²) < 4.78 is 12.5. The van der Waals surface area contributed by atoms with Crippen LogP contribution in [0.1, 0.15) is 37.3 Å². The number of hydrogen-bond acceptors (Lipinski definition) is 3. The van der Waals surface area contributed by atoms with E-state index in [9.17, 15) is 0 Å². The largest absolute Gasteiger partial charge is 0.486 e. The van der Waals surface area contributed by atoms with Gasteiger partial charge < -0.3 is 15.2 Å². The van der Waals surface area contributed by atoms with Gasteiger partial charge in [-0.3, -0.25) is 0 Å². The molecular formula is C14H20BrNO2. The maximum atomic E-state index is 5.81. The summed E-state index contributed by atoms with van der Waals surface area (Å²) in [5.41, 5.74) is 8.24. The second-order valence-corrected chi connectivity index (χ2v) is 5.47. The molecule has 1 aliphatic rings. The standard InChI is InChI=1S/C14H20BrNO2/c1-3-10-11(9(2)4-5-16)8-12(15)14-13(10)17-6-7-18-14/h8-9H,3-7,16H2,1-2H3. The van der Waals surface area contributed by atoms with E-state index in [1.54, 1.807) is 0 Å². The maximum Gasteiger partial charge on any atom is 0.175 e. The number of ether oxygens (including phenoxy) is 2. The topological polar surface area (TPSA) is 44.5 Å². The first kappa shape index (κ1) is 13.7. The third kappa shape index (κ3) is 2.50. The highest BCUT2D eigenvalue weighted by atomic mass is 79.9. The first-order valence-electron chi connectivity index (χ1n) is 6.50. The molecular weight excluding hydrogens is 294 g/mol. The Bertz CT molecular complexity index is 434.